The van der Waals surface area contributed by atoms with Crippen molar-refractivity contribution in [3.05, 3.63) is 65.9 Å². The molecule has 2 aliphatic rings. The summed E-state index contributed by atoms with van der Waals surface area (Å²) in [6.07, 6.45) is 11.8. The second-order valence-corrected chi connectivity index (χ2v) is 10.3. The van der Waals surface area contributed by atoms with Gasteiger partial charge in [0.25, 0.3) is 0 Å². The summed E-state index contributed by atoms with van der Waals surface area (Å²) >= 11 is 0. The summed E-state index contributed by atoms with van der Waals surface area (Å²) in [7, 11) is 1.64. The molecule has 2 aliphatic carbocycles. The second kappa shape index (κ2) is 11.2. The van der Waals surface area contributed by atoms with Gasteiger partial charge in [0.2, 0.25) is 11.8 Å². The van der Waals surface area contributed by atoms with E-state index in [9.17, 15) is 9.59 Å². The van der Waals surface area contributed by atoms with Crippen molar-refractivity contribution in [2.24, 2.45) is 0 Å². The number of benzene rings is 2. The lowest BCUT2D eigenvalue weighted by Gasteiger charge is -2.37. The van der Waals surface area contributed by atoms with Crippen molar-refractivity contribution in [1.82, 2.24) is 15.2 Å². The fraction of sp³-hybridized carbons (Fsp3) is 0.467. The van der Waals surface area contributed by atoms with Crippen LogP contribution in [-0.2, 0) is 16.0 Å². The monoisotopic (exact) mass is 487 g/mol. The number of carbonyl (C=O) groups excluding carboxylic acids is 2. The van der Waals surface area contributed by atoms with Crippen LogP contribution in [0.4, 0.5) is 0 Å². The van der Waals surface area contributed by atoms with E-state index in [4.69, 9.17) is 4.74 Å². The summed E-state index contributed by atoms with van der Waals surface area (Å²) in [6, 6.07) is 15.3. The number of para-hydroxylation sites is 1. The Morgan fingerprint density at radius 3 is 2.39 bits per heavy atom. The number of aromatic nitrogens is 1. The highest BCUT2D eigenvalue weighted by Gasteiger charge is 2.38. The summed E-state index contributed by atoms with van der Waals surface area (Å²) < 4.78 is 5.37. The molecule has 6 nitrogen and oxygen atoms in total. The molecule has 0 radical (unpaired) electrons. The fourth-order valence-corrected chi connectivity index (χ4v) is 6.02. The molecule has 0 saturated heterocycles. The summed E-state index contributed by atoms with van der Waals surface area (Å²) in [6.45, 7) is 0. The molecule has 2 fully saturated rings. The Hall–Kier alpha value is -3.28. The lowest BCUT2D eigenvalue weighted by Crippen LogP contribution is -2.50. The van der Waals surface area contributed by atoms with Gasteiger partial charge in [0.05, 0.1) is 13.5 Å². The maximum Gasteiger partial charge on any atom is 0.247 e. The largest absolute Gasteiger partial charge is 0.497 e. The zero-order valence-electron chi connectivity index (χ0n) is 21.2. The van der Waals surface area contributed by atoms with Gasteiger partial charge in [-0.1, -0.05) is 62.4 Å². The van der Waals surface area contributed by atoms with Crippen molar-refractivity contribution in [3.63, 3.8) is 0 Å². The average Bonchev–Trinajstić information content (AvgIpc) is 3.58. The zero-order chi connectivity index (χ0) is 24.9. The van der Waals surface area contributed by atoms with Crippen molar-refractivity contribution in [2.75, 3.05) is 7.11 Å². The number of aromatic amines is 1. The number of methoxy groups -OCH3 is 1. The molecule has 0 bridgehead atoms. The van der Waals surface area contributed by atoms with Crippen LogP contribution in [0.5, 0.6) is 5.75 Å². The van der Waals surface area contributed by atoms with Crippen LogP contribution in [0.15, 0.2) is 54.7 Å². The van der Waals surface area contributed by atoms with E-state index >= 15 is 0 Å². The van der Waals surface area contributed by atoms with E-state index in [-0.39, 0.29) is 30.3 Å². The van der Waals surface area contributed by atoms with Gasteiger partial charge in [0, 0.05) is 29.2 Å². The molecular weight excluding hydrogens is 450 g/mol. The summed E-state index contributed by atoms with van der Waals surface area (Å²) in [5.41, 5.74) is 2.83. The van der Waals surface area contributed by atoms with Crippen LogP contribution < -0.4 is 10.1 Å². The van der Waals surface area contributed by atoms with Gasteiger partial charge >= 0.3 is 0 Å². The zero-order valence-corrected chi connectivity index (χ0v) is 21.2. The Balaban J connectivity index is 1.48. The summed E-state index contributed by atoms with van der Waals surface area (Å²) in [4.78, 5) is 33.2. The first kappa shape index (κ1) is 24.4. The van der Waals surface area contributed by atoms with Gasteiger partial charge in [-0.2, -0.15) is 0 Å². The molecule has 3 aromatic rings. The Kier molecular flexibility index (Phi) is 7.59. The third kappa shape index (κ3) is 5.28. The van der Waals surface area contributed by atoms with Crippen LogP contribution in [0.1, 0.15) is 75.0 Å². The molecule has 36 heavy (non-hydrogen) atoms. The van der Waals surface area contributed by atoms with E-state index in [1.807, 2.05) is 59.6 Å². The molecule has 190 valence electrons. The van der Waals surface area contributed by atoms with Crippen molar-refractivity contribution in [1.29, 1.82) is 0 Å². The molecule has 1 aromatic heterocycles. The number of nitrogens with zero attached hydrogens (tertiary/aromatic N) is 1. The van der Waals surface area contributed by atoms with Crippen molar-refractivity contribution in [2.45, 2.75) is 82.3 Å². The Bertz CT molecular complexity index is 1170. The van der Waals surface area contributed by atoms with E-state index in [0.717, 1.165) is 79.1 Å². The van der Waals surface area contributed by atoms with E-state index in [1.165, 1.54) is 6.42 Å². The van der Waals surface area contributed by atoms with Gasteiger partial charge in [-0.05, 0) is 55.0 Å². The summed E-state index contributed by atoms with van der Waals surface area (Å²) in [5.74, 6) is 0.681. The van der Waals surface area contributed by atoms with Crippen LogP contribution >= 0.6 is 0 Å². The van der Waals surface area contributed by atoms with Crippen LogP contribution in [0.2, 0.25) is 0 Å². The SMILES string of the molecule is COc1ccc(C(C(=O)NC2CCCCC2)N(C(=O)Cc2c[nH]c3ccccc23)C2CCCC2)cc1. The van der Waals surface area contributed by atoms with E-state index in [1.54, 1.807) is 7.11 Å². The van der Waals surface area contributed by atoms with Crippen molar-refractivity contribution < 1.29 is 14.3 Å². The molecular formula is C30H37N3O3. The van der Waals surface area contributed by atoms with Gasteiger partial charge in [0.1, 0.15) is 11.8 Å². The highest BCUT2D eigenvalue weighted by molar-refractivity contribution is 5.92. The van der Waals surface area contributed by atoms with E-state index in [2.05, 4.69) is 10.3 Å². The molecule has 6 heteroatoms. The Morgan fingerprint density at radius 1 is 0.972 bits per heavy atom. The average molecular weight is 488 g/mol. The third-order valence-corrected chi connectivity index (χ3v) is 7.93. The summed E-state index contributed by atoms with van der Waals surface area (Å²) in [5, 5.41) is 4.38. The Labute approximate surface area is 213 Å². The first-order valence-corrected chi connectivity index (χ1v) is 13.4. The first-order valence-electron chi connectivity index (χ1n) is 13.4. The second-order valence-electron chi connectivity index (χ2n) is 10.3. The quantitative estimate of drug-likeness (QED) is 0.429. The van der Waals surface area contributed by atoms with Crippen molar-refractivity contribution in [3.8, 4) is 5.75 Å². The first-order chi connectivity index (χ1) is 17.6. The van der Waals surface area contributed by atoms with Gasteiger partial charge < -0.3 is 19.9 Å². The number of fused-ring (bicyclic) bond motifs is 1. The standard InChI is InChI=1S/C30H37N3O3/c1-36-25-17-15-21(16-18-25)29(30(35)32-23-9-3-2-4-10-23)33(24-11-5-6-12-24)28(34)19-22-20-31-27-14-8-7-13-26(22)27/h7-8,13-18,20,23-24,29,31H,2-6,9-12,19H2,1H3,(H,32,35). The van der Waals surface area contributed by atoms with Gasteiger partial charge in [-0.3, -0.25) is 9.59 Å². The third-order valence-electron chi connectivity index (χ3n) is 7.93. The van der Waals surface area contributed by atoms with Crippen LogP contribution in [0.3, 0.4) is 0 Å². The predicted molar refractivity (Wildman–Crippen MR) is 142 cm³/mol. The van der Waals surface area contributed by atoms with Gasteiger partial charge in [-0.15, -0.1) is 0 Å². The Morgan fingerprint density at radius 2 is 1.67 bits per heavy atom. The van der Waals surface area contributed by atoms with E-state index in [0.29, 0.717) is 0 Å². The number of carbonyl (C=O) groups is 2. The lowest BCUT2D eigenvalue weighted by molar-refractivity contribution is -0.143. The van der Waals surface area contributed by atoms with Crippen molar-refractivity contribution >= 4 is 22.7 Å². The number of amides is 2. The molecule has 2 aromatic carbocycles. The lowest BCUT2D eigenvalue weighted by atomic mass is 9.94. The number of ether oxygens (including phenoxy) is 1. The van der Waals surface area contributed by atoms with Gasteiger partial charge in [0.15, 0.2) is 0 Å². The molecule has 0 spiro atoms. The molecule has 2 N–H and O–H groups in total. The topological polar surface area (TPSA) is 74.4 Å². The molecule has 1 heterocycles. The number of rotatable bonds is 8. The molecule has 1 atom stereocenters. The number of hydrogen-bond acceptors (Lipinski definition) is 3. The fourth-order valence-electron chi connectivity index (χ4n) is 6.02. The minimum absolute atomic E-state index is 0.00580. The number of hydrogen-bond donors (Lipinski definition) is 2. The normalized spacial score (nSPS) is 17.7. The maximum atomic E-state index is 14.1. The molecule has 2 saturated carbocycles. The minimum Gasteiger partial charge on any atom is -0.497 e. The highest BCUT2D eigenvalue weighted by Crippen LogP contribution is 2.34. The molecule has 0 aliphatic heterocycles. The molecule has 2 amide bonds. The van der Waals surface area contributed by atoms with E-state index < -0.39 is 6.04 Å². The molecule has 5 rings (SSSR count). The van der Waals surface area contributed by atoms with Gasteiger partial charge in [-0.25, -0.2) is 0 Å². The minimum atomic E-state index is -0.654. The molecule has 1 unspecified atom stereocenters. The smallest absolute Gasteiger partial charge is 0.247 e. The maximum absolute atomic E-state index is 14.1. The number of nitrogens with one attached hydrogen (secondary N) is 2. The predicted octanol–water partition coefficient (Wildman–Crippen LogP) is 5.68. The van der Waals surface area contributed by atoms with Crippen LogP contribution in [0.25, 0.3) is 10.9 Å². The highest BCUT2D eigenvalue weighted by atomic mass is 16.5. The van der Waals surface area contributed by atoms with Crippen LogP contribution in [-0.4, -0.2) is 40.9 Å². The van der Waals surface area contributed by atoms with Crippen LogP contribution in [0, 0.1) is 0 Å². The number of H-pyrrole nitrogens is 1.